The van der Waals surface area contributed by atoms with Crippen LogP contribution in [0, 0.1) is 0 Å². The molecular formula is C13H17ClO2. The van der Waals surface area contributed by atoms with Gasteiger partial charge in [0.1, 0.15) is 11.5 Å². The fourth-order valence-corrected chi connectivity index (χ4v) is 1.66. The fourth-order valence-electron chi connectivity index (χ4n) is 1.39. The number of alkyl halides is 1. The van der Waals surface area contributed by atoms with Crippen LogP contribution in [-0.4, -0.2) is 20.1 Å². The minimum Gasteiger partial charge on any atom is -0.497 e. The number of hydrogen-bond donors (Lipinski definition) is 0. The van der Waals surface area contributed by atoms with Gasteiger partial charge in [-0.05, 0) is 18.6 Å². The van der Waals surface area contributed by atoms with E-state index in [1.54, 1.807) is 14.2 Å². The topological polar surface area (TPSA) is 18.5 Å². The molecular weight excluding hydrogens is 224 g/mol. The first-order chi connectivity index (χ1) is 7.74. The summed E-state index contributed by atoms with van der Waals surface area (Å²) in [6, 6.07) is 5.75. The number of benzene rings is 1. The molecule has 0 spiro atoms. The van der Waals surface area contributed by atoms with Gasteiger partial charge in [0.2, 0.25) is 0 Å². The standard InChI is InChI=1S/C13H17ClO2/c1-4-10(9-14)7-11-5-6-12(15-2)8-13(11)16-3/h5-8H,4,9H2,1-3H3. The maximum atomic E-state index is 5.84. The molecule has 88 valence electrons. The monoisotopic (exact) mass is 240 g/mol. The predicted molar refractivity (Wildman–Crippen MR) is 68.5 cm³/mol. The van der Waals surface area contributed by atoms with Gasteiger partial charge in [-0.2, -0.15) is 0 Å². The van der Waals surface area contributed by atoms with Crippen LogP contribution in [0.15, 0.2) is 23.8 Å². The third kappa shape index (κ3) is 3.17. The van der Waals surface area contributed by atoms with E-state index in [-0.39, 0.29) is 0 Å². The van der Waals surface area contributed by atoms with Gasteiger partial charge < -0.3 is 9.47 Å². The second-order valence-corrected chi connectivity index (χ2v) is 3.66. The summed E-state index contributed by atoms with van der Waals surface area (Å²) >= 11 is 5.84. The first-order valence-electron chi connectivity index (χ1n) is 5.22. The van der Waals surface area contributed by atoms with Crippen molar-refractivity contribution in [2.75, 3.05) is 20.1 Å². The van der Waals surface area contributed by atoms with Gasteiger partial charge in [0, 0.05) is 17.5 Å². The number of allylic oxidation sites excluding steroid dienone is 1. The molecule has 0 heterocycles. The lowest BCUT2D eigenvalue weighted by Gasteiger charge is -2.08. The van der Waals surface area contributed by atoms with Crippen molar-refractivity contribution in [1.29, 1.82) is 0 Å². The summed E-state index contributed by atoms with van der Waals surface area (Å²) in [5.41, 5.74) is 2.21. The van der Waals surface area contributed by atoms with Crippen LogP contribution in [-0.2, 0) is 0 Å². The van der Waals surface area contributed by atoms with E-state index in [4.69, 9.17) is 21.1 Å². The van der Waals surface area contributed by atoms with E-state index in [9.17, 15) is 0 Å². The molecule has 0 saturated carbocycles. The molecule has 0 aliphatic carbocycles. The Kier molecular flexibility index (Phi) is 5.20. The van der Waals surface area contributed by atoms with E-state index < -0.39 is 0 Å². The van der Waals surface area contributed by atoms with Gasteiger partial charge in [-0.25, -0.2) is 0 Å². The zero-order valence-corrected chi connectivity index (χ0v) is 10.7. The summed E-state index contributed by atoms with van der Waals surface area (Å²) < 4.78 is 10.5. The van der Waals surface area contributed by atoms with Crippen molar-refractivity contribution in [2.24, 2.45) is 0 Å². The Balaban J connectivity index is 3.08. The summed E-state index contributed by atoms with van der Waals surface area (Å²) in [6.45, 7) is 2.09. The predicted octanol–water partition coefficient (Wildman–Crippen LogP) is 3.74. The Morgan fingerprint density at radius 3 is 2.56 bits per heavy atom. The molecule has 2 nitrogen and oxygen atoms in total. The van der Waals surface area contributed by atoms with Crippen molar-refractivity contribution in [3.63, 3.8) is 0 Å². The summed E-state index contributed by atoms with van der Waals surface area (Å²) in [7, 11) is 3.29. The molecule has 3 heteroatoms. The molecule has 0 aliphatic rings. The van der Waals surface area contributed by atoms with Gasteiger partial charge in [-0.15, -0.1) is 11.6 Å². The van der Waals surface area contributed by atoms with Crippen LogP contribution >= 0.6 is 11.6 Å². The SMILES string of the molecule is CCC(=Cc1ccc(OC)cc1OC)CCl. The van der Waals surface area contributed by atoms with Crippen LogP contribution < -0.4 is 9.47 Å². The average molecular weight is 241 g/mol. The van der Waals surface area contributed by atoms with Crippen LogP contribution in [0.2, 0.25) is 0 Å². The molecule has 0 radical (unpaired) electrons. The van der Waals surface area contributed by atoms with Gasteiger partial charge in [-0.1, -0.05) is 18.6 Å². The lowest BCUT2D eigenvalue weighted by atomic mass is 10.1. The smallest absolute Gasteiger partial charge is 0.129 e. The highest BCUT2D eigenvalue weighted by molar-refractivity contribution is 6.19. The van der Waals surface area contributed by atoms with Crippen LogP contribution in [0.1, 0.15) is 18.9 Å². The molecule has 1 aromatic rings. The first-order valence-corrected chi connectivity index (χ1v) is 5.76. The van der Waals surface area contributed by atoms with E-state index in [2.05, 4.69) is 13.0 Å². The third-order valence-corrected chi connectivity index (χ3v) is 2.77. The Labute approximate surface area is 102 Å². The maximum Gasteiger partial charge on any atom is 0.129 e. The van der Waals surface area contributed by atoms with E-state index in [1.807, 2.05) is 18.2 Å². The molecule has 0 atom stereocenters. The number of ether oxygens (including phenoxy) is 2. The molecule has 0 aliphatic heterocycles. The van der Waals surface area contributed by atoms with Crippen molar-refractivity contribution in [2.45, 2.75) is 13.3 Å². The van der Waals surface area contributed by atoms with Crippen molar-refractivity contribution >= 4 is 17.7 Å². The largest absolute Gasteiger partial charge is 0.497 e. The van der Waals surface area contributed by atoms with Crippen molar-refractivity contribution in [3.8, 4) is 11.5 Å². The average Bonchev–Trinajstić information content (AvgIpc) is 2.35. The zero-order chi connectivity index (χ0) is 12.0. The van der Waals surface area contributed by atoms with E-state index in [0.29, 0.717) is 5.88 Å². The molecule has 1 rings (SSSR count). The summed E-state index contributed by atoms with van der Waals surface area (Å²) in [5, 5.41) is 0. The number of halogens is 1. The Bertz CT molecular complexity index is 366. The van der Waals surface area contributed by atoms with E-state index >= 15 is 0 Å². The Morgan fingerprint density at radius 1 is 1.31 bits per heavy atom. The highest BCUT2D eigenvalue weighted by Crippen LogP contribution is 2.27. The third-order valence-electron chi connectivity index (χ3n) is 2.43. The normalized spacial score (nSPS) is 11.4. The van der Waals surface area contributed by atoms with E-state index in [1.165, 1.54) is 5.57 Å². The minimum absolute atomic E-state index is 0.547. The first kappa shape index (κ1) is 12.9. The zero-order valence-electron chi connectivity index (χ0n) is 9.92. The van der Waals surface area contributed by atoms with Crippen LogP contribution in [0.4, 0.5) is 0 Å². The lowest BCUT2D eigenvalue weighted by molar-refractivity contribution is 0.393. The molecule has 1 aromatic carbocycles. The maximum absolute atomic E-state index is 5.84. The number of hydrogen-bond acceptors (Lipinski definition) is 2. The van der Waals surface area contributed by atoms with Crippen LogP contribution in [0.3, 0.4) is 0 Å². The molecule has 16 heavy (non-hydrogen) atoms. The van der Waals surface area contributed by atoms with Crippen molar-refractivity contribution < 1.29 is 9.47 Å². The quantitative estimate of drug-likeness (QED) is 0.730. The van der Waals surface area contributed by atoms with Crippen LogP contribution in [0.5, 0.6) is 11.5 Å². The molecule has 0 N–H and O–H groups in total. The van der Waals surface area contributed by atoms with Gasteiger partial charge in [0.25, 0.3) is 0 Å². The molecule has 0 fully saturated rings. The molecule has 0 unspecified atom stereocenters. The van der Waals surface area contributed by atoms with Gasteiger partial charge in [-0.3, -0.25) is 0 Å². The molecule has 0 bridgehead atoms. The highest BCUT2D eigenvalue weighted by Gasteiger charge is 2.03. The summed E-state index contributed by atoms with van der Waals surface area (Å²) in [4.78, 5) is 0. The number of methoxy groups -OCH3 is 2. The highest BCUT2D eigenvalue weighted by atomic mass is 35.5. The second kappa shape index (κ2) is 6.44. The van der Waals surface area contributed by atoms with Gasteiger partial charge >= 0.3 is 0 Å². The van der Waals surface area contributed by atoms with Gasteiger partial charge in [0.15, 0.2) is 0 Å². The van der Waals surface area contributed by atoms with Crippen molar-refractivity contribution in [3.05, 3.63) is 29.3 Å². The van der Waals surface area contributed by atoms with E-state index in [0.717, 1.165) is 23.5 Å². The Hall–Kier alpha value is -1.15. The lowest BCUT2D eigenvalue weighted by Crippen LogP contribution is -1.91. The van der Waals surface area contributed by atoms with Crippen LogP contribution in [0.25, 0.3) is 6.08 Å². The van der Waals surface area contributed by atoms with Gasteiger partial charge in [0.05, 0.1) is 14.2 Å². The summed E-state index contributed by atoms with van der Waals surface area (Å²) in [5.74, 6) is 2.14. The molecule has 0 aromatic heterocycles. The molecule has 0 amide bonds. The summed E-state index contributed by atoms with van der Waals surface area (Å²) in [6.07, 6.45) is 3.00. The van der Waals surface area contributed by atoms with Crippen molar-refractivity contribution in [1.82, 2.24) is 0 Å². The molecule has 0 saturated heterocycles. The minimum atomic E-state index is 0.547. The fraction of sp³-hybridized carbons (Fsp3) is 0.385. The Morgan fingerprint density at radius 2 is 2.06 bits per heavy atom. The number of rotatable bonds is 5. The second-order valence-electron chi connectivity index (χ2n) is 3.40.